The molecule has 0 aliphatic heterocycles. The van der Waals surface area contributed by atoms with Crippen LogP contribution in [0.4, 0.5) is 11.6 Å². The highest BCUT2D eigenvalue weighted by atomic mass is 16.5. The molecule has 0 fully saturated rings. The number of hydrogen-bond acceptors (Lipinski definition) is 7. The van der Waals surface area contributed by atoms with Crippen LogP contribution in [-0.4, -0.2) is 48.7 Å². The number of likely N-dealkylation sites (N-methyl/N-ethyl adjacent to an activating group) is 1. The van der Waals surface area contributed by atoms with Gasteiger partial charge in [0.05, 0.1) is 7.11 Å². The molecule has 1 rings (SSSR count). The van der Waals surface area contributed by atoms with Gasteiger partial charge >= 0.3 is 0 Å². The number of hydrazine groups is 1. The van der Waals surface area contributed by atoms with Crippen LogP contribution < -0.4 is 21.3 Å². The number of nitrogens with zero attached hydrogens (tertiary/aromatic N) is 3. The van der Waals surface area contributed by atoms with Crippen LogP contribution in [0.2, 0.25) is 0 Å². The Morgan fingerprint density at radius 3 is 2.71 bits per heavy atom. The number of nitrogens with one attached hydrogen (secondary N) is 2. The summed E-state index contributed by atoms with van der Waals surface area (Å²) in [7, 11) is 3.62. The first kappa shape index (κ1) is 13.5. The molecule has 0 amide bonds. The quantitative estimate of drug-likeness (QED) is 0.461. The van der Waals surface area contributed by atoms with Gasteiger partial charge in [-0.25, -0.2) is 15.8 Å². The molecule has 0 bridgehead atoms. The molecule has 96 valence electrons. The summed E-state index contributed by atoms with van der Waals surface area (Å²) in [5.41, 5.74) is 2.47. The minimum absolute atomic E-state index is 0.467. The van der Waals surface area contributed by atoms with Crippen LogP contribution in [0, 0.1) is 0 Å². The van der Waals surface area contributed by atoms with E-state index in [-0.39, 0.29) is 0 Å². The van der Waals surface area contributed by atoms with E-state index in [0.717, 1.165) is 19.6 Å². The molecule has 0 aliphatic rings. The third kappa shape index (κ3) is 3.72. The predicted octanol–water partition coefficient (Wildman–Crippen LogP) is 0.134. The molecule has 0 unspecified atom stereocenters. The average molecular weight is 240 g/mol. The van der Waals surface area contributed by atoms with Crippen molar-refractivity contribution in [3.8, 4) is 5.75 Å². The van der Waals surface area contributed by atoms with Crippen molar-refractivity contribution >= 4 is 11.6 Å². The van der Waals surface area contributed by atoms with Gasteiger partial charge in [0.2, 0.25) is 5.75 Å². The number of nitrogens with two attached hydrogens (primary N) is 1. The first-order chi connectivity index (χ1) is 8.22. The van der Waals surface area contributed by atoms with E-state index in [1.165, 1.54) is 6.33 Å². The maximum atomic E-state index is 5.34. The molecule has 7 heteroatoms. The van der Waals surface area contributed by atoms with E-state index in [9.17, 15) is 0 Å². The van der Waals surface area contributed by atoms with Crippen molar-refractivity contribution in [1.82, 2.24) is 14.9 Å². The summed E-state index contributed by atoms with van der Waals surface area (Å²) in [6.45, 7) is 4.83. The number of aromatic nitrogens is 2. The van der Waals surface area contributed by atoms with Gasteiger partial charge in [0.25, 0.3) is 0 Å². The second kappa shape index (κ2) is 6.87. The van der Waals surface area contributed by atoms with Crippen molar-refractivity contribution in [3.05, 3.63) is 6.33 Å². The van der Waals surface area contributed by atoms with Gasteiger partial charge in [0.1, 0.15) is 6.33 Å². The summed E-state index contributed by atoms with van der Waals surface area (Å²) >= 11 is 0. The number of ether oxygens (including phenoxy) is 1. The van der Waals surface area contributed by atoms with Crippen LogP contribution in [0.15, 0.2) is 6.33 Å². The average Bonchev–Trinajstić information content (AvgIpc) is 2.37. The molecule has 0 atom stereocenters. The van der Waals surface area contributed by atoms with Crippen molar-refractivity contribution in [3.63, 3.8) is 0 Å². The number of nitrogen functional groups attached to an aromatic ring is 1. The third-order valence-electron chi connectivity index (χ3n) is 2.47. The minimum Gasteiger partial charge on any atom is -0.490 e. The van der Waals surface area contributed by atoms with E-state index in [1.807, 2.05) is 0 Å². The largest absolute Gasteiger partial charge is 0.490 e. The zero-order chi connectivity index (χ0) is 12.7. The Labute approximate surface area is 101 Å². The number of anilines is 2. The van der Waals surface area contributed by atoms with Crippen LogP contribution in [0.5, 0.6) is 5.75 Å². The minimum atomic E-state index is 0.467. The number of methoxy groups -OCH3 is 1. The summed E-state index contributed by atoms with van der Waals surface area (Å²) < 4.78 is 5.21. The van der Waals surface area contributed by atoms with E-state index in [2.05, 4.69) is 39.6 Å². The van der Waals surface area contributed by atoms with Crippen molar-refractivity contribution in [2.24, 2.45) is 5.84 Å². The van der Waals surface area contributed by atoms with E-state index in [0.29, 0.717) is 17.4 Å². The fourth-order valence-electron chi connectivity index (χ4n) is 1.32. The Bertz CT molecular complexity index is 346. The fraction of sp³-hybridized carbons (Fsp3) is 0.600. The standard InChI is InChI=1S/C10H20N6O/c1-4-16(2)6-5-12-9-8(17-3)10(15-11)14-7-13-9/h7H,4-6,11H2,1-3H3,(H2,12,13,14,15). The lowest BCUT2D eigenvalue weighted by atomic mass is 10.4. The fourth-order valence-corrected chi connectivity index (χ4v) is 1.32. The van der Waals surface area contributed by atoms with Crippen LogP contribution in [0.1, 0.15) is 6.92 Å². The third-order valence-corrected chi connectivity index (χ3v) is 2.47. The molecular weight excluding hydrogens is 220 g/mol. The molecule has 1 aromatic heterocycles. The Balaban J connectivity index is 2.64. The van der Waals surface area contributed by atoms with E-state index in [1.54, 1.807) is 7.11 Å². The molecule has 0 aliphatic carbocycles. The lowest BCUT2D eigenvalue weighted by Crippen LogP contribution is -2.25. The summed E-state index contributed by atoms with van der Waals surface area (Å²) in [6, 6.07) is 0. The van der Waals surface area contributed by atoms with Crippen molar-refractivity contribution in [1.29, 1.82) is 0 Å². The van der Waals surface area contributed by atoms with Gasteiger partial charge in [0, 0.05) is 13.1 Å². The summed E-state index contributed by atoms with van der Waals surface area (Å²) in [5.74, 6) is 6.96. The molecule has 0 spiro atoms. The summed E-state index contributed by atoms with van der Waals surface area (Å²) in [4.78, 5) is 10.3. The Morgan fingerprint density at radius 2 is 2.12 bits per heavy atom. The molecule has 0 aromatic carbocycles. The van der Waals surface area contributed by atoms with Gasteiger partial charge < -0.3 is 20.4 Å². The molecular formula is C10H20N6O. The van der Waals surface area contributed by atoms with Crippen molar-refractivity contribution in [2.45, 2.75) is 6.92 Å². The smallest absolute Gasteiger partial charge is 0.205 e. The second-order valence-corrected chi connectivity index (χ2v) is 3.57. The lowest BCUT2D eigenvalue weighted by Gasteiger charge is -2.16. The first-order valence-electron chi connectivity index (χ1n) is 5.50. The monoisotopic (exact) mass is 240 g/mol. The van der Waals surface area contributed by atoms with Crippen molar-refractivity contribution in [2.75, 3.05) is 44.5 Å². The SMILES string of the molecule is CCN(C)CCNc1ncnc(NN)c1OC. The molecule has 0 radical (unpaired) electrons. The maximum absolute atomic E-state index is 5.34. The normalized spacial score (nSPS) is 10.4. The predicted molar refractivity (Wildman–Crippen MR) is 68.1 cm³/mol. The van der Waals surface area contributed by atoms with Gasteiger partial charge in [-0.05, 0) is 13.6 Å². The Morgan fingerprint density at radius 1 is 1.41 bits per heavy atom. The summed E-state index contributed by atoms with van der Waals surface area (Å²) in [6.07, 6.45) is 1.43. The molecule has 0 saturated carbocycles. The maximum Gasteiger partial charge on any atom is 0.205 e. The van der Waals surface area contributed by atoms with Gasteiger partial charge in [-0.15, -0.1) is 0 Å². The van der Waals surface area contributed by atoms with Crippen LogP contribution >= 0.6 is 0 Å². The molecule has 4 N–H and O–H groups in total. The first-order valence-corrected chi connectivity index (χ1v) is 5.50. The van der Waals surface area contributed by atoms with E-state index >= 15 is 0 Å². The van der Waals surface area contributed by atoms with Crippen LogP contribution in [-0.2, 0) is 0 Å². The highest BCUT2D eigenvalue weighted by Crippen LogP contribution is 2.27. The van der Waals surface area contributed by atoms with Gasteiger partial charge in [-0.3, -0.25) is 0 Å². The lowest BCUT2D eigenvalue weighted by molar-refractivity contribution is 0.366. The van der Waals surface area contributed by atoms with Gasteiger partial charge in [-0.1, -0.05) is 6.92 Å². The topological polar surface area (TPSA) is 88.3 Å². The molecule has 1 heterocycles. The molecule has 0 saturated heterocycles. The molecule has 7 nitrogen and oxygen atoms in total. The van der Waals surface area contributed by atoms with Gasteiger partial charge in [0.15, 0.2) is 11.6 Å². The van der Waals surface area contributed by atoms with Crippen LogP contribution in [0.3, 0.4) is 0 Å². The van der Waals surface area contributed by atoms with Gasteiger partial charge in [-0.2, -0.15) is 0 Å². The molecule has 17 heavy (non-hydrogen) atoms. The molecule has 1 aromatic rings. The Kier molecular flexibility index (Phi) is 5.44. The zero-order valence-electron chi connectivity index (χ0n) is 10.5. The van der Waals surface area contributed by atoms with E-state index < -0.39 is 0 Å². The van der Waals surface area contributed by atoms with E-state index in [4.69, 9.17) is 10.6 Å². The van der Waals surface area contributed by atoms with Crippen LogP contribution in [0.25, 0.3) is 0 Å². The highest BCUT2D eigenvalue weighted by molar-refractivity contribution is 5.62. The second-order valence-electron chi connectivity index (χ2n) is 3.57. The highest BCUT2D eigenvalue weighted by Gasteiger charge is 2.10. The zero-order valence-corrected chi connectivity index (χ0v) is 10.5. The summed E-state index contributed by atoms with van der Waals surface area (Å²) in [5, 5.41) is 3.19. The Hall–Kier alpha value is -1.60. The van der Waals surface area contributed by atoms with Crippen molar-refractivity contribution < 1.29 is 4.74 Å². The number of rotatable bonds is 7. The number of hydrogen-bond donors (Lipinski definition) is 3.